The van der Waals surface area contributed by atoms with Crippen LogP contribution >= 0.6 is 0 Å². The fourth-order valence-corrected chi connectivity index (χ4v) is 3.22. The molecule has 1 aromatic heterocycles. The zero-order valence-corrected chi connectivity index (χ0v) is 15.9. The largest absolute Gasteiger partial charge is 0.378 e. The molecule has 1 amide bonds. The predicted octanol–water partition coefficient (Wildman–Crippen LogP) is 1.76. The molecule has 2 heterocycles. The van der Waals surface area contributed by atoms with Crippen LogP contribution in [0.1, 0.15) is 29.4 Å². The smallest absolute Gasteiger partial charge is 0.274 e. The number of amides is 1. The maximum Gasteiger partial charge on any atom is 0.274 e. The summed E-state index contributed by atoms with van der Waals surface area (Å²) in [4.78, 5) is 28.6. The van der Waals surface area contributed by atoms with Crippen molar-refractivity contribution in [2.75, 3.05) is 38.3 Å². The number of morpholine rings is 1. The third kappa shape index (κ3) is 4.54. The number of ether oxygens (including phenoxy) is 1. The molecule has 3 rings (SSSR count). The molecule has 0 atom stereocenters. The molecule has 1 aromatic carbocycles. The van der Waals surface area contributed by atoms with Crippen LogP contribution in [0.2, 0.25) is 0 Å². The second kappa shape index (κ2) is 8.81. The van der Waals surface area contributed by atoms with Crippen molar-refractivity contribution in [1.82, 2.24) is 14.7 Å². The van der Waals surface area contributed by atoms with Gasteiger partial charge in [0.15, 0.2) is 0 Å². The Morgan fingerprint density at radius 2 is 1.93 bits per heavy atom. The van der Waals surface area contributed by atoms with Gasteiger partial charge in [0.1, 0.15) is 5.69 Å². The molecule has 0 bridgehead atoms. The second-order valence-corrected chi connectivity index (χ2v) is 6.67. The predicted molar refractivity (Wildman–Crippen MR) is 104 cm³/mol. The highest BCUT2D eigenvalue weighted by molar-refractivity contribution is 5.91. The van der Waals surface area contributed by atoms with Crippen LogP contribution in [0.4, 0.5) is 5.69 Å². The molecule has 7 nitrogen and oxygen atoms in total. The van der Waals surface area contributed by atoms with Crippen molar-refractivity contribution in [3.8, 4) is 0 Å². The van der Waals surface area contributed by atoms with E-state index < -0.39 is 0 Å². The molecule has 0 saturated carbocycles. The maximum atomic E-state index is 12.8. The van der Waals surface area contributed by atoms with Crippen LogP contribution in [0.25, 0.3) is 0 Å². The topological polar surface area (TPSA) is 67.7 Å². The summed E-state index contributed by atoms with van der Waals surface area (Å²) in [5.41, 5.74) is 2.31. The first-order valence-corrected chi connectivity index (χ1v) is 9.34. The molecule has 0 aliphatic carbocycles. The molecule has 0 N–H and O–H groups in total. The van der Waals surface area contributed by atoms with Crippen LogP contribution in [-0.2, 0) is 17.8 Å². The quantitative estimate of drug-likeness (QED) is 0.775. The second-order valence-electron chi connectivity index (χ2n) is 6.67. The van der Waals surface area contributed by atoms with E-state index in [-0.39, 0.29) is 17.2 Å². The summed E-state index contributed by atoms with van der Waals surface area (Å²) in [7, 11) is 1.76. The van der Waals surface area contributed by atoms with Crippen LogP contribution in [0, 0.1) is 0 Å². The summed E-state index contributed by atoms with van der Waals surface area (Å²) in [6.45, 7) is 6.07. The third-order valence-electron chi connectivity index (χ3n) is 4.62. The highest BCUT2D eigenvalue weighted by atomic mass is 16.5. The third-order valence-corrected chi connectivity index (χ3v) is 4.62. The van der Waals surface area contributed by atoms with Crippen molar-refractivity contribution in [2.45, 2.75) is 26.4 Å². The van der Waals surface area contributed by atoms with E-state index in [4.69, 9.17) is 4.74 Å². The van der Waals surface area contributed by atoms with E-state index in [1.54, 1.807) is 11.9 Å². The highest BCUT2D eigenvalue weighted by Gasteiger charge is 2.19. The van der Waals surface area contributed by atoms with Crippen molar-refractivity contribution < 1.29 is 9.53 Å². The van der Waals surface area contributed by atoms with E-state index in [0.717, 1.165) is 30.8 Å². The number of rotatable bonds is 6. The van der Waals surface area contributed by atoms with E-state index in [2.05, 4.69) is 16.1 Å². The summed E-state index contributed by atoms with van der Waals surface area (Å²) >= 11 is 0. The lowest BCUT2D eigenvalue weighted by atomic mass is 10.1. The molecule has 7 heteroatoms. The standard InChI is InChI=1S/C20H26N4O3/c1-3-10-24-19(25)9-8-17(21-24)20(26)22(2)15-16-6-4-5-7-18(16)23-11-13-27-14-12-23/h4-9H,3,10-15H2,1-2H3. The Kier molecular flexibility index (Phi) is 6.24. The van der Waals surface area contributed by atoms with Crippen LogP contribution in [0.3, 0.4) is 0 Å². The fourth-order valence-electron chi connectivity index (χ4n) is 3.22. The minimum atomic E-state index is -0.198. The molecule has 1 aliphatic rings. The monoisotopic (exact) mass is 370 g/mol. The van der Waals surface area contributed by atoms with E-state index in [9.17, 15) is 9.59 Å². The maximum absolute atomic E-state index is 12.8. The lowest BCUT2D eigenvalue weighted by Gasteiger charge is -2.31. The number of carbonyl (C=O) groups excluding carboxylic acids is 1. The summed E-state index contributed by atoms with van der Waals surface area (Å²) in [5, 5.41) is 4.22. The van der Waals surface area contributed by atoms with E-state index in [1.165, 1.54) is 16.8 Å². The first-order valence-electron chi connectivity index (χ1n) is 9.34. The first kappa shape index (κ1) is 19.1. The van der Waals surface area contributed by atoms with Gasteiger partial charge in [0.05, 0.1) is 13.2 Å². The van der Waals surface area contributed by atoms with Crippen LogP contribution in [-0.4, -0.2) is 53.9 Å². The van der Waals surface area contributed by atoms with Gasteiger partial charge in [0.2, 0.25) is 0 Å². The molecule has 0 radical (unpaired) electrons. The molecule has 1 saturated heterocycles. The van der Waals surface area contributed by atoms with Gasteiger partial charge >= 0.3 is 0 Å². The fraction of sp³-hybridized carbons (Fsp3) is 0.450. The molecule has 1 aliphatic heterocycles. The van der Waals surface area contributed by atoms with Crippen LogP contribution in [0.5, 0.6) is 0 Å². The minimum absolute atomic E-state index is 0.186. The zero-order chi connectivity index (χ0) is 19.2. The molecule has 1 fully saturated rings. The molecule has 2 aromatic rings. The molecule has 0 unspecified atom stereocenters. The van der Waals surface area contributed by atoms with Crippen molar-refractivity contribution >= 4 is 11.6 Å². The summed E-state index contributed by atoms with van der Waals surface area (Å²) < 4.78 is 6.79. The van der Waals surface area contributed by atoms with E-state index >= 15 is 0 Å². The van der Waals surface area contributed by atoms with E-state index in [1.807, 2.05) is 25.1 Å². The number of hydrogen-bond donors (Lipinski definition) is 0. The van der Waals surface area contributed by atoms with Crippen LogP contribution < -0.4 is 10.5 Å². The van der Waals surface area contributed by atoms with Crippen LogP contribution in [0.15, 0.2) is 41.2 Å². The van der Waals surface area contributed by atoms with Gasteiger partial charge in [-0.25, -0.2) is 4.68 Å². The number of aromatic nitrogens is 2. The van der Waals surface area contributed by atoms with Crippen molar-refractivity contribution in [3.63, 3.8) is 0 Å². The lowest BCUT2D eigenvalue weighted by molar-refractivity contribution is 0.0776. The van der Waals surface area contributed by atoms with Gasteiger partial charge in [-0.1, -0.05) is 25.1 Å². The number of hydrogen-bond acceptors (Lipinski definition) is 5. The van der Waals surface area contributed by atoms with Crippen molar-refractivity contribution in [2.24, 2.45) is 0 Å². The first-order chi connectivity index (χ1) is 13.1. The molecule has 27 heavy (non-hydrogen) atoms. The normalized spacial score (nSPS) is 14.2. The molecule has 144 valence electrons. The Bertz CT molecular complexity index is 843. The Morgan fingerprint density at radius 3 is 2.67 bits per heavy atom. The average molecular weight is 370 g/mol. The minimum Gasteiger partial charge on any atom is -0.378 e. The number of anilines is 1. The number of benzene rings is 1. The summed E-state index contributed by atoms with van der Waals surface area (Å²) in [6, 6.07) is 11.0. The summed E-state index contributed by atoms with van der Waals surface area (Å²) in [6.07, 6.45) is 0.785. The SMILES string of the molecule is CCCn1nc(C(=O)N(C)Cc2ccccc2N2CCOCC2)ccc1=O. The van der Waals surface area contributed by atoms with E-state index in [0.29, 0.717) is 26.3 Å². The van der Waals surface area contributed by atoms with Gasteiger partial charge in [0, 0.05) is 45.0 Å². The molecular formula is C20H26N4O3. The average Bonchev–Trinajstić information content (AvgIpc) is 2.70. The number of carbonyl (C=O) groups is 1. The van der Waals surface area contributed by atoms with Crippen molar-refractivity contribution in [1.29, 1.82) is 0 Å². The molecular weight excluding hydrogens is 344 g/mol. The number of nitrogens with zero attached hydrogens (tertiary/aromatic N) is 4. The number of para-hydroxylation sites is 1. The van der Waals surface area contributed by atoms with Gasteiger partial charge in [0.25, 0.3) is 11.5 Å². The Labute approximate surface area is 159 Å². The van der Waals surface area contributed by atoms with Gasteiger partial charge < -0.3 is 14.5 Å². The highest BCUT2D eigenvalue weighted by Crippen LogP contribution is 2.23. The Hall–Kier alpha value is -2.67. The number of aryl methyl sites for hydroxylation is 1. The lowest BCUT2D eigenvalue weighted by Crippen LogP contribution is -2.37. The summed E-state index contributed by atoms with van der Waals surface area (Å²) in [5.74, 6) is -0.198. The van der Waals surface area contributed by atoms with Gasteiger partial charge in [-0.3, -0.25) is 9.59 Å². The zero-order valence-electron chi connectivity index (χ0n) is 15.9. The molecule has 0 spiro atoms. The van der Waals surface area contributed by atoms with Gasteiger partial charge in [-0.2, -0.15) is 5.10 Å². The van der Waals surface area contributed by atoms with Gasteiger partial charge in [-0.05, 0) is 24.1 Å². The Balaban J connectivity index is 1.77. The van der Waals surface area contributed by atoms with Gasteiger partial charge in [-0.15, -0.1) is 0 Å². The van der Waals surface area contributed by atoms with Crippen molar-refractivity contribution in [3.05, 3.63) is 58.0 Å². The Morgan fingerprint density at radius 1 is 1.19 bits per heavy atom.